The number of nitrogens with zero attached hydrogens (tertiary/aromatic N) is 2. The van der Waals surface area contributed by atoms with E-state index < -0.39 is 11.2 Å². The van der Waals surface area contributed by atoms with E-state index in [0.29, 0.717) is 24.9 Å². The van der Waals surface area contributed by atoms with E-state index in [4.69, 9.17) is 9.47 Å². The number of amides is 3. The van der Waals surface area contributed by atoms with Gasteiger partial charge in [-0.1, -0.05) is 60.7 Å². The number of carbonyl (C=O) groups is 3. The largest absolute Gasteiger partial charge is 0.444 e. The van der Waals surface area contributed by atoms with Crippen molar-refractivity contribution in [2.75, 3.05) is 19.6 Å². The summed E-state index contributed by atoms with van der Waals surface area (Å²) in [7, 11) is 0. The highest BCUT2D eigenvalue weighted by Crippen LogP contribution is 2.48. The summed E-state index contributed by atoms with van der Waals surface area (Å²) in [5.41, 5.74) is 1.24. The van der Waals surface area contributed by atoms with Gasteiger partial charge in [0.15, 0.2) is 0 Å². The maximum absolute atomic E-state index is 12.6. The molecule has 4 aliphatic rings. The molecule has 2 aromatic rings. The molecule has 0 spiro atoms. The highest BCUT2D eigenvalue weighted by molar-refractivity contribution is 5.80. The Morgan fingerprint density at radius 2 is 1.16 bits per heavy atom. The molecule has 268 valence electrons. The van der Waals surface area contributed by atoms with Crippen LogP contribution in [0, 0.1) is 11.8 Å². The molecule has 49 heavy (non-hydrogen) atoms. The van der Waals surface area contributed by atoms with Crippen LogP contribution in [0.1, 0.15) is 117 Å². The van der Waals surface area contributed by atoms with Gasteiger partial charge in [-0.3, -0.25) is 9.69 Å². The summed E-state index contributed by atoms with van der Waals surface area (Å²) in [6.45, 7) is 18.5. The van der Waals surface area contributed by atoms with Crippen LogP contribution in [0.2, 0.25) is 0 Å². The van der Waals surface area contributed by atoms with E-state index >= 15 is 0 Å². The van der Waals surface area contributed by atoms with Crippen LogP contribution in [-0.2, 0) is 14.3 Å². The fourth-order valence-corrected chi connectivity index (χ4v) is 7.47. The molecule has 4 fully saturated rings. The van der Waals surface area contributed by atoms with Crippen molar-refractivity contribution in [2.24, 2.45) is 11.8 Å². The minimum Gasteiger partial charge on any atom is -0.444 e. The highest BCUT2D eigenvalue weighted by Gasteiger charge is 2.55. The third kappa shape index (κ3) is 9.56. The van der Waals surface area contributed by atoms with Crippen molar-refractivity contribution in [1.82, 2.24) is 20.4 Å². The molecule has 0 aromatic heterocycles. The number of hydrogen-bond acceptors (Lipinski definition) is 6. The third-order valence-electron chi connectivity index (χ3n) is 10.6. The Balaban J connectivity index is 0.000000191. The Bertz CT molecular complexity index is 1440. The maximum Gasteiger partial charge on any atom is 0.408 e. The highest BCUT2D eigenvalue weighted by atomic mass is 16.6. The summed E-state index contributed by atoms with van der Waals surface area (Å²) in [4.78, 5) is 41.4. The number of rotatable bonds is 8. The first-order valence-corrected chi connectivity index (χ1v) is 18.1. The van der Waals surface area contributed by atoms with Crippen molar-refractivity contribution in [3.8, 4) is 0 Å². The zero-order valence-electron chi connectivity index (χ0n) is 30.9. The average Bonchev–Trinajstić information content (AvgIpc) is 3.88. The molecule has 9 heteroatoms. The lowest BCUT2D eigenvalue weighted by Crippen LogP contribution is -2.45. The summed E-state index contributed by atoms with van der Waals surface area (Å²) in [6, 6.07) is 21.2. The van der Waals surface area contributed by atoms with E-state index in [2.05, 4.69) is 71.8 Å². The van der Waals surface area contributed by atoms with Crippen LogP contribution >= 0.6 is 0 Å². The van der Waals surface area contributed by atoms with E-state index in [0.717, 1.165) is 50.8 Å². The van der Waals surface area contributed by atoms with Gasteiger partial charge in [-0.15, -0.1) is 0 Å². The van der Waals surface area contributed by atoms with Crippen LogP contribution in [-0.4, -0.2) is 69.8 Å². The molecule has 0 bridgehead atoms. The zero-order chi connectivity index (χ0) is 35.6. The molecule has 0 radical (unpaired) electrons. The Morgan fingerprint density at radius 3 is 1.61 bits per heavy atom. The van der Waals surface area contributed by atoms with E-state index in [-0.39, 0.29) is 41.1 Å². The van der Waals surface area contributed by atoms with Crippen LogP contribution < -0.4 is 10.6 Å². The van der Waals surface area contributed by atoms with Gasteiger partial charge in [0.05, 0.1) is 6.04 Å². The van der Waals surface area contributed by atoms with Gasteiger partial charge >= 0.3 is 12.2 Å². The lowest BCUT2D eigenvalue weighted by atomic mass is 9.96. The summed E-state index contributed by atoms with van der Waals surface area (Å²) in [5, 5.41) is 6.22. The molecule has 4 atom stereocenters. The van der Waals surface area contributed by atoms with Gasteiger partial charge < -0.3 is 25.0 Å². The van der Waals surface area contributed by atoms with Crippen molar-refractivity contribution in [3.05, 3.63) is 71.8 Å². The second-order valence-electron chi connectivity index (χ2n) is 16.7. The first-order chi connectivity index (χ1) is 23.0. The van der Waals surface area contributed by atoms with Crippen molar-refractivity contribution in [1.29, 1.82) is 0 Å². The molecule has 2 aliphatic heterocycles. The number of likely N-dealkylation sites (tertiary alicyclic amines) is 2. The second-order valence-corrected chi connectivity index (χ2v) is 16.7. The minimum atomic E-state index is -0.514. The summed E-state index contributed by atoms with van der Waals surface area (Å²) in [5.74, 6) is 0.841. The topological polar surface area (TPSA) is 100 Å². The quantitative estimate of drug-likeness (QED) is 0.297. The van der Waals surface area contributed by atoms with Gasteiger partial charge in [-0.05, 0) is 111 Å². The first kappa shape index (κ1) is 36.7. The molecule has 2 saturated heterocycles. The minimum absolute atomic E-state index is 0.0342. The lowest BCUT2D eigenvalue weighted by Gasteiger charge is -2.29. The van der Waals surface area contributed by atoms with Crippen molar-refractivity contribution in [2.45, 2.75) is 128 Å². The molecule has 2 aromatic carbocycles. The van der Waals surface area contributed by atoms with Gasteiger partial charge in [0.25, 0.3) is 0 Å². The lowest BCUT2D eigenvalue weighted by molar-refractivity contribution is -0.129. The molecular formula is C40H58N4O5. The first-order valence-electron chi connectivity index (χ1n) is 18.1. The Hall–Kier alpha value is -3.59. The number of alkyl carbamates (subject to hydrolysis) is 2. The monoisotopic (exact) mass is 674 g/mol. The van der Waals surface area contributed by atoms with Crippen LogP contribution in [0.15, 0.2) is 60.7 Å². The predicted octanol–water partition coefficient (Wildman–Crippen LogP) is 7.78. The Morgan fingerprint density at radius 1 is 0.714 bits per heavy atom. The Kier molecular flexibility index (Phi) is 10.7. The third-order valence-corrected chi connectivity index (χ3v) is 10.6. The van der Waals surface area contributed by atoms with Crippen molar-refractivity contribution < 1.29 is 23.9 Å². The van der Waals surface area contributed by atoms with Crippen LogP contribution in [0.3, 0.4) is 0 Å². The molecule has 0 unspecified atom stereocenters. The van der Waals surface area contributed by atoms with Gasteiger partial charge in [0.2, 0.25) is 5.91 Å². The number of benzene rings is 2. The summed E-state index contributed by atoms with van der Waals surface area (Å²) in [6.07, 6.45) is 4.96. The van der Waals surface area contributed by atoms with Crippen LogP contribution in [0.25, 0.3) is 0 Å². The maximum atomic E-state index is 12.6. The molecule has 9 nitrogen and oxygen atoms in total. The normalized spacial score (nSPS) is 23.8. The van der Waals surface area contributed by atoms with E-state index in [1.165, 1.54) is 5.56 Å². The summed E-state index contributed by atoms with van der Waals surface area (Å²) >= 11 is 0. The van der Waals surface area contributed by atoms with E-state index in [1.807, 2.05) is 64.6 Å². The van der Waals surface area contributed by atoms with E-state index in [9.17, 15) is 14.4 Å². The number of ether oxygens (including phenoxy) is 2. The predicted molar refractivity (Wildman–Crippen MR) is 192 cm³/mol. The van der Waals surface area contributed by atoms with Gasteiger partial charge in [-0.2, -0.15) is 0 Å². The van der Waals surface area contributed by atoms with Crippen LogP contribution in [0.4, 0.5) is 9.59 Å². The number of nitrogens with one attached hydrogen (secondary N) is 2. The number of hydrogen-bond donors (Lipinski definition) is 2. The molecule has 2 saturated carbocycles. The van der Waals surface area contributed by atoms with E-state index in [1.54, 1.807) is 0 Å². The fourth-order valence-electron chi connectivity index (χ4n) is 7.47. The zero-order valence-corrected chi connectivity index (χ0v) is 30.9. The summed E-state index contributed by atoms with van der Waals surface area (Å²) < 4.78 is 10.8. The SMILES string of the molecule is C[C@@H](c1ccccc1)N1CC[C@@H](C2(NC(=O)OC(C)(C)C)CC2)C1.C[C@@H](c1ccccc1)N1C[C@H](C2(NC(=O)OC(C)(C)C)CC2)CC1=O. The second kappa shape index (κ2) is 14.3. The standard InChI is InChI=1S/C20H28N2O3.C20H30N2O2/c1-14(15-8-6-5-7-9-15)22-13-16(12-17(22)23)20(10-11-20)21-18(24)25-19(2,3)4;1-15(16-8-6-5-7-9-16)22-13-10-17(14-22)20(11-12-20)21-18(23)24-19(2,3)4/h5-9,14,16H,10-13H2,1-4H3,(H,21,24);5-9,15,17H,10-14H2,1-4H3,(H,21,23)/t14-,16+;15-,17+/m00/s1. The number of carbonyl (C=O) groups excluding carboxylic acids is 3. The molecule has 3 amide bonds. The molecule has 2 heterocycles. The molecule has 2 N–H and O–H groups in total. The fraction of sp³-hybridized carbons (Fsp3) is 0.625. The average molecular weight is 675 g/mol. The smallest absolute Gasteiger partial charge is 0.408 e. The van der Waals surface area contributed by atoms with Crippen molar-refractivity contribution in [3.63, 3.8) is 0 Å². The van der Waals surface area contributed by atoms with Gasteiger partial charge in [0, 0.05) is 42.5 Å². The molecule has 2 aliphatic carbocycles. The molecule has 6 rings (SSSR count). The molecular weight excluding hydrogens is 616 g/mol. The van der Waals surface area contributed by atoms with Crippen molar-refractivity contribution >= 4 is 18.1 Å². The van der Waals surface area contributed by atoms with Gasteiger partial charge in [0.1, 0.15) is 11.2 Å². The van der Waals surface area contributed by atoms with Crippen LogP contribution in [0.5, 0.6) is 0 Å². The Labute approximate surface area is 293 Å². The van der Waals surface area contributed by atoms with Gasteiger partial charge in [-0.25, -0.2) is 9.59 Å².